The fraction of sp³-hybridized carbons (Fsp3) is 0.500. The van der Waals surface area contributed by atoms with Crippen molar-refractivity contribution in [1.82, 2.24) is 10.3 Å². The number of hydrogen-bond donors (Lipinski definition) is 2. The highest BCUT2D eigenvalue weighted by Crippen LogP contribution is 2.52. The molecule has 5 heteroatoms. The molecule has 2 N–H and O–H groups in total. The lowest BCUT2D eigenvalue weighted by atomic mass is 9.57. The van der Waals surface area contributed by atoms with Gasteiger partial charge in [0.2, 0.25) is 0 Å². The second-order valence-electron chi connectivity index (χ2n) is 7.59. The van der Waals surface area contributed by atoms with Crippen LogP contribution in [0.15, 0.2) is 30.3 Å². The number of rotatable bonds is 4. The zero-order valence-corrected chi connectivity index (χ0v) is 14.5. The second kappa shape index (κ2) is 5.99. The molecule has 3 aliphatic rings. The lowest BCUT2D eigenvalue weighted by molar-refractivity contribution is -0.160. The molecular formula is C20H24N2O3. The van der Waals surface area contributed by atoms with Crippen molar-refractivity contribution in [2.24, 2.45) is 5.41 Å². The van der Waals surface area contributed by atoms with Crippen LogP contribution in [0.25, 0.3) is 10.9 Å². The van der Waals surface area contributed by atoms with Crippen LogP contribution in [0.4, 0.5) is 0 Å². The number of carbonyl (C=O) groups excluding carboxylic acids is 1. The Hall–Kier alpha value is -2.14. The van der Waals surface area contributed by atoms with E-state index in [2.05, 4.69) is 10.3 Å². The van der Waals surface area contributed by atoms with Gasteiger partial charge in [-0.25, -0.2) is 0 Å². The van der Waals surface area contributed by atoms with Gasteiger partial charge in [0.05, 0.1) is 23.7 Å². The first-order valence-corrected chi connectivity index (χ1v) is 8.96. The van der Waals surface area contributed by atoms with Crippen LogP contribution >= 0.6 is 0 Å². The highest BCUT2D eigenvalue weighted by atomic mass is 16.5. The van der Waals surface area contributed by atoms with E-state index in [0.717, 1.165) is 61.7 Å². The largest absolute Gasteiger partial charge is 0.508 e. The number of benzene rings is 1. The Morgan fingerprint density at radius 1 is 1.16 bits per heavy atom. The summed E-state index contributed by atoms with van der Waals surface area (Å²) in [6.07, 6.45) is 5.79. The smallest absolute Gasteiger partial charge is 0.311 e. The van der Waals surface area contributed by atoms with Gasteiger partial charge in [-0.3, -0.25) is 9.78 Å². The number of carbonyl (C=O) groups is 1. The Balaban J connectivity index is 1.44. The first-order chi connectivity index (χ1) is 12.0. The third-order valence-corrected chi connectivity index (χ3v) is 6.24. The van der Waals surface area contributed by atoms with Crippen LogP contribution in [0.5, 0.6) is 5.75 Å². The van der Waals surface area contributed by atoms with Crippen molar-refractivity contribution in [1.29, 1.82) is 0 Å². The third kappa shape index (κ3) is 2.86. The van der Waals surface area contributed by atoms with Gasteiger partial charge in [-0.1, -0.05) is 6.07 Å². The number of fused-ring (bicyclic) bond motifs is 4. The molecule has 0 spiro atoms. The number of nitrogens with one attached hydrogen (secondary N) is 1. The van der Waals surface area contributed by atoms with Crippen molar-refractivity contribution in [2.75, 3.05) is 7.11 Å². The average Bonchev–Trinajstić information content (AvgIpc) is 2.67. The molecule has 3 saturated carbocycles. The van der Waals surface area contributed by atoms with Crippen molar-refractivity contribution in [3.05, 3.63) is 36.0 Å². The van der Waals surface area contributed by atoms with Gasteiger partial charge in [0.1, 0.15) is 5.75 Å². The molecule has 0 radical (unpaired) electrons. The van der Waals surface area contributed by atoms with Crippen LogP contribution in [0, 0.1) is 5.41 Å². The summed E-state index contributed by atoms with van der Waals surface area (Å²) in [4.78, 5) is 16.8. The molecule has 0 aliphatic heterocycles. The van der Waals surface area contributed by atoms with Gasteiger partial charge in [0, 0.05) is 17.5 Å². The number of aromatic nitrogens is 1. The Labute approximate surface area is 147 Å². The lowest BCUT2D eigenvalue weighted by Crippen LogP contribution is -2.56. The summed E-state index contributed by atoms with van der Waals surface area (Å²) in [7, 11) is 1.50. The molecule has 5 rings (SSSR count). The molecule has 1 aromatic heterocycles. The minimum Gasteiger partial charge on any atom is -0.508 e. The maximum atomic E-state index is 12.1. The fourth-order valence-electron chi connectivity index (χ4n) is 4.51. The van der Waals surface area contributed by atoms with E-state index in [1.165, 1.54) is 7.11 Å². The molecule has 0 amide bonds. The molecule has 2 aromatic rings. The quantitative estimate of drug-likeness (QED) is 0.836. The van der Waals surface area contributed by atoms with Crippen molar-refractivity contribution in [3.63, 3.8) is 0 Å². The summed E-state index contributed by atoms with van der Waals surface area (Å²) in [5.74, 6) is 0.234. The molecule has 132 valence electrons. The molecule has 1 aromatic carbocycles. The van der Waals surface area contributed by atoms with Crippen LogP contribution in [0.3, 0.4) is 0 Å². The van der Waals surface area contributed by atoms with Crippen LogP contribution in [-0.4, -0.2) is 28.7 Å². The van der Waals surface area contributed by atoms with E-state index in [1.807, 2.05) is 18.2 Å². The molecule has 5 nitrogen and oxygen atoms in total. The molecule has 3 fully saturated rings. The van der Waals surface area contributed by atoms with Gasteiger partial charge in [0.15, 0.2) is 0 Å². The van der Waals surface area contributed by atoms with Crippen LogP contribution in [0.1, 0.15) is 44.2 Å². The highest BCUT2D eigenvalue weighted by Gasteiger charge is 2.52. The summed E-state index contributed by atoms with van der Waals surface area (Å²) in [6, 6.07) is 9.25. The van der Waals surface area contributed by atoms with E-state index in [1.54, 1.807) is 12.1 Å². The number of phenolic OH excluding ortho intramolecular Hbond substituents is 1. The maximum absolute atomic E-state index is 12.1. The molecule has 1 heterocycles. The maximum Gasteiger partial charge on any atom is 0.311 e. The van der Waals surface area contributed by atoms with E-state index in [4.69, 9.17) is 4.74 Å². The molecule has 3 aliphatic carbocycles. The number of aromatic hydroxyl groups is 1. The SMILES string of the molecule is COC(=O)C12CCC(NCc3ccc4cc(O)ccc4n3)(CC1)CC2. The third-order valence-electron chi connectivity index (χ3n) is 6.24. The van der Waals surface area contributed by atoms with E-state index in [-0.39, 0.29) is 22.7 Å². The zero-order chi connectivity index (χ0) is 17.5. The van der Waals surface area contributed by atoms with E-state index >= 15 is 0 Å². The number of hydrogen-bond acceptors (Lipinski definition) is 5. The van der Waals surface area contributed by atoms with E-state index in [9.17, 15) is 9.90 Å². The topological polar surface area (TPSA) is 71.5 Å². The first kappa shape index (κ1) is 16.3. The first-order valence-electron chi connectivity index (χ1n) is 8.96. The van der Waals surface area contributed by atoms with Gasteiger partial charge in [-0.05, 0) is 62.8 Å². The predicted molar refractivity (Wildman–Crippen MR) is 95.1 cm³/mol. The minimum absolute atomic E-state index is 0.0275. The van der Waals surface area contributed by atoms with E-state index in [0.29, 0.717) is 0 Å². The number of ether oxygens (including phenoxy) is 1. The molecule has 25 heavy (non-hydrogen) atoms. The average molecular weight is 340 g/mol. The Bertz CT molecular complexity index is 793. The Kier molecular flexibility index (Phi) is 3.91. The summed E-state index contributed by atoms with van der Waals surface area (Å²) in [5, 5.41) is 14.2. The summed E-state index contributed by atoms with van der Waals surface area (Å²) < 4.78 is 5.03. The summed E-state index contributed by atoms with van der Waals surface area (Å²) in [5.41, 5.74) is 1.79. The molecule has 0 saturated heterocycles. The van der Waals surface area contributed by atoms with Crippen LogP contribution in [0.2, 0.25) is 0 Å². The van der Waals surface area contributed by atoms with Crippen molar-refractivity contribution in [2.45, 2.75) is 50.6 Å². The minimum atomic E-state index is -0.235. The van der Waals surface area contributed by atoms with Gasteiger partial charge in [-0.15, -0.1) is 0 Å². The zero-order valence-electron chi connectivity index (χ0n) is 14.5. The highest BCUT2D eigenvalue weighted by molar-refractivity contribution is 5.80. The second-order valence-corrected chi connectivity index (χ2v) is 7.59. The van der Waals surface area contributed by atoms with Gasteiger partial charge in [0.25, 0.3) is 0 Å². The number of pyridine rings is 1. The Morgan fingerprint density at radius 3 is 2.56 bits per heavy atom. The van der Waals surface area contributed by atoms with Gasteiger partial charge >= 0.3 is 5.97 Å². The number of phenols is 1. The standard InChI is InChI=1S/C20H24N2O3/c1-25-18(24)19-6-9-20(10-7-19,11-8-19)21-13-15-3-2-14-12-16(23)4-5-17(14)22-15/h2-5,12,21,23H,6-11,13H2,1H3. The summed E-state index contributed by atoms with van der Waals surface area (Å²) in [6.45, 7) is 0.724. The monoisotopic (exact) mass is 340 g/mol. The van der Waals surface area contributed by atoms with Crippen molar-refractivity contribution < 1.29 is 14.6 Å². The predicted octanol–water partition coefficient (Wildman–Crippen LogP) is 3.30. The van der Waals surface area contributed by atoms with E-state index < -0.39 is 0 Å². The molecular weight excluding hydrogens is 316 g/mol. The number of methoxy groups -OCH3 is 1. The lowest BCUT2D eigenvalue weighted by Gasteiger charge is -2.52. The molecule has 0 unspecified atom stereocenters. The van der Waals surface area contributed by atoms with Crippen molar-refractivity contribution in [3.8, 4) is 5.75 Å². The van der Waals surface area contributed by atoms with Crippen molar-refractivity contribution >= 4 is 16.9 Å². The van der Waals surface area contributed by atoms with Gasteiger partial charge in [-0.2, -0.15) is 0 Å². The molecule has 2 bridgehead atoms. The van der Waals surface area contributed by atoms with Crippen LogP contribution < -0.4 is 5.32 Å². The fourth-order valence-corrected chi connectivity index (χ4v) is 4.51. The number of nitrogens with zero attached hydrogens (tertiary/aromatic N) is 1. The van der Waals surface area contributed by atoms with Gasteiger partial charge < -0.3 is 15.2 Å². The normalized spacial score (nSPS) is 28.2. The summed E-state index contributed by atoms with van der Waals surface area (Å²) >= 11 is 0. The number of esters is 1. The molecule has 0 atom stereocenters. The Morgan fingerprint density at radius 2 is 1.88 bits per heavy atom. The van der Waals surface area contributed by atoms with Crippen LogP contribution in [-0.2, 0) is 16.1 Å².